The quantitative estimate of drug-likeness (QED) is 0.916. The Hall–Kier alpha value is -1.14. The lowest BCUT2D eigenvalue weighted by Gasteiger charge is -2.05. The van der Waals surface area contributed by atoms with E-state index in [1.54, 1.807) is 0 Å². The minimum absolute atomic E-state index is 0.151. The van der Waals surface area contributed by atoms with Crippen LogP contribution < -0.4 is 5.32 Å². The maximum absolute atomic E-state index is 11.9. The van der Waals surface area contributed by atoms with Gasteiger partial charge in [0.15, 0.2) is 0 Å². The molecule has 1 aromatic carbocycles. The fourth-order valence-corrected chi connectivity index (χ4v) is 2.39. The van der Waals surface area contributed by atoms with Gasteiger partial charge in [0.2, 0.25) is 0 Å². The molecule has 0 radical (unpaired) electrons. The molecule has 0 unspecified atom stereocenters. The van der Waals surface area contributed by atoms with Crippen LogP contribution in [0.15, 0.2) is 18.2 Å². The number of fused-ring (bicyclic) bond motifs is 1. The maximum Gasteiger partial charge on any atom is 0.401 e. The lowest BCUT2D eigenvalue weighted by atomic mass is 10.2. The Morgan fingerprint density at radius 1 is 1.35 bits per heavy atom. The summed E-state index contributed by atoms with van der Waals surface area (Å²) in [5.74, 6) is 0. The van der Waals surface area contributed by atoms with Crippen molar-refractivity contribution in [2.75, 3.05) is 6.54 Å². The van der Waals surface area contributed by atoms with E-state index in [4.69, 9.17) is 0 Å². The summed E-state index contributed by atoms with van der Waals surface area (Å²) in [7, 11) is 0. The zero-order valence-electron chi connectivity index (χ0n) is 9.14. The lowest BCUT2D eigenvalue weighted by molar-refractivity contribution is -0.125. The van der Waals surface area contributed by atoms with Crippen LogP contribution in [0.1, 0.15) is 10.6 Å². The molecule has 0 spiro atoms. The minimum atomic E-state index is -4.17. The molecule has 0 bridgehead atoms. The summed E-state index contributed by atoms with van der Waals surface area (Å²) in [6.07, 6.45) is -4.17. The number of thiazole rings is 1. The van der Waals surface area contributed by atoms with Gasteiger partial charge in [0.25, 0.3) is 0 Å². The fourth-order valence-electron chi connectivity index (χ4n) is 1.47. The van der Waals surface area contributed by atoms with Crippen LogP contribution in [-0.4, -0.2) is 17.7 Å². The highest BCUT2D eigenvalue weighted by molar-refractivity contribution is 7.18. The number of aryl methyl sites for hydroxylation is 1. The highest BCUT2D eigenvalue weighted by Gasteiger charge is 2.26. The summed E-state index contributed by atoms with van der Waals surface area (Å²) < 4.78 is 36.8. The Balaban J connectivity index is 2.05. The molecule has 2 rings (SSSR count). The molecule has 1 N–H and O–H groups in total. The van der Waals surface area contributed by atoms with Crippen molar-refractivity contribution in [3.63, 3.8) is 0 Å². The van der Waals surface area contributed by atoms with E-state index in [9.17, 15) is 13.2 Å². The summed E-state index contributed by atoms with van der Waals surface area (Å²) in [4.78, 5) is 4.28. The Labute approximate surface area is 100 Å². The van der Waals surface area contributed by atoms with Crippen LogP contribution in [0.4, 0.5) is 13.2 Å². The van der Waals surface area contributed by atoms with Crippen molar-refractivity contribution >= 4 is 21.6 Å². The minimum Gasteiger partial charge on any atom is -0.302 e. The smallest absolute Gasteiger partial charge is 0.302 e. The first-order chi connectivity index (χ1) is 7.94. The monoisotopic (exact) mass is 260 g/mol. The third-order valence-electron chi connectivity index (χ3n) is 2.19. The van der Waals surface area contributed by atoms with Gasteiger partial charge in [-0.2, -0.15) is 13.2 Å². The van der Waals surface area contributed by atoms with Gasteiger partial charge >= 0.3 is 6.18 Å². The van der Waals surface area contributed by atoms with Crippen molar-refractivity contribution in [2.24, 2.45) is 0 Å². The zero-order chi connectivity index (χ0) is 12.5. The van der Waals surface area contributed by atoms with Crippen LogP contribution >= 0.6 is 11.3 Å². The normalized spacial score (nSPS) is 12.2. The van der Waals surface area contributed by atoms with E-state index in [0.717, 1.165) is 15.8 Å². The van der Waals surface area contributed by atoms with Crippen molar-refractivity contribution in [2.45, 2.75) is 19.6 Å². The second-order valence-corrected chi connectivity index (χ2v) is 4.91. The van der Waals surface area contributed by atoms with E-state index in [2.05, 4.69) is 10.3 Å². The first-order valence-corrected chi connectivity index (χ1v) is 5.89. The predicted octanol–water partition coefficient (Wildman–Crippen LogP) is 3.26. The Morgan fingerprint density at radius 2 is 2.12 bits per heavy atom. The molecule has 6 heteroatoms. The van der Waals surface area contributed by atoms with E-state index in [1.807, 2.05) is 25.1 Å². The molecular formula is C11H11F3N2S. The molecule has 2 aromatic rings. The van der Waals surface area contributed by atoms with Crippen molar-refractivity contribution in [3.8, 4) is 0 Å². The molecule has 0 fully saturated rings. The Bertz CT molecular complexity index is 519. The number of aromatic nitrogens is 1. The topological polar surface area (TPSA) is 24.9 Å². The number of nitrogens with zero attached hydrogens (tertiary/aromatic N) is 1. The molecule has 1 heterocycles. The van der Waals surface area contributed by atoms with Crippen molar-refractivity contribution in [1.82, 2.24) is 10.3 Å². The van der Waals surface area contributed by atoms with Crippen LogP contribution in [0.3, 0.4) is 0 Å². The van der Waals surface area contributed by atoms with Gasteiger partial charge in [-0.3, -0.25) is 0 Å². The second-order valence-electron chi connectivity index (χ2n) is 3.80. The first-order valence-electron chi connectivity index (χ1n) is 5.07. The van der Waals surface area contributed by atoms with Crippen molar-refractivity contribution in [3.05, 3.63) is 28.8 Å². The molecule has 0 amide bonds. The summed E-state index contributed by atoms with van der Waals surface area (Å²) in [6, 6.07) is 5.84. The highest BCUT2D eigenvalue weighted by Crippen LogP contribution is 2.23. The largest absolute Gasteiger partial charge is 0.401 e. The number of rotatable bonds is 3. The van der Waals surface area contributed by atoms with E-state index in [0.29, 0.717) is 5.01 Å². The van der Waals surface area contributed by atoms with Crippen LogP contribution in [0.2, 0.25) is 0 Å². The zero-order valence-corrected chi connectivity index (χ0v) is 9.95. The summed E-state index contributed by atoms with van der Waals surface area (Å²) in [5.41, 5.74) is 1.94. The van der Waals surface area contributed by atoms with E-state index >= 15 is 0 Å². The van der Waals surface area contributed by atoms with Crippen LogP contribution in [-0.2, 0) is 6.54 Å². The molecule has 2 nitrogen and oxygen atoms in total. The van der Waals surface area contributed by atoms with Gasteiger partial charge in [0.05, 0.1) is 16.8 Å². The van der Waals surface area contributed by atoms with Crippen molar-refractivity contribution < 1.29 is 13.2 Å². The summed E-state index contributed by atoms with van der Waals surface area (Å²) >= 11 is 1.42. The third-order valence-corrected chi connectivity index (χ3v) is 3.23. The third kappa shape index (κ3) is 3.41. The standard InChI is InChI=1S/C11H11F3N2S/c1-7-2-3-9-8(4-7)16-10(17-9)5-15-6-11(12,13)14/h2-4,15H,5-6H2,1H3. The van der Waals surface area contributed by atoms with E-state index in [1.165, 1.54) is 11.3 Å². The summed E-state index contributed by atoms with van der Waals surface area (Å²) in [5, 5.41) is 3.02. The van der Waals surface area contributed by atoms with Gasteiger partial charge in [-0.25, -0.2) is 4.98 Å². The molecule has 1 aromatic heterocycles. The Morgan fingerprint density at radius 3 is 2.82 bits per heavy atom. The highest BCUT2D eigenvalue weighted by atomic mass is 32.1. The van der Waals surface area contributed by atoms with Crippen LogP contribution in [0.25, 0.3) is 10.2 Å². The average molecular weight is 260 g/mol. The predicted molar refractivity (Wildman–Crippen MR) is 62.1 cm³/mol. The van der Waals surface area contributed by atoms with Crippen LogP contribution in [0.5, 0.6) is 0 Å². The van der Waals surface area contributed by atoms with Gasteiger partial charge in [-0.15, -0.1) is 11.3 Å². The molecule has 0 atom stereocenters. The molecule has 0 aliphatic carbocycles. The molecular weight excluding hydrogens is 249 g/mol. The van der Waals surface area contributed by atoms with E-state index < -0.39 is 12.7 Å². The number of halogens is 3. The first kappa shape index (κ1) is 12.3. The van der Waals surface area contributed by atoms with Crippen LogP contribution in [0, 0.1) is 6.92 Å². The number of hydrogen-bond donors (Lipinski definition) is 1. The maximum atomic E-state index is 11.9. The molecule has 0 saturated heterocycles. The number of benzene rings is 1. The number of hydrogen-bond acceptors (Lipinski definition) is 3. The van der Waals surface area contributed by atoms with Gasteiger partial charge in [0, 0.05) is 6.54 Å². The SMILES string of the molecule is Cc1ccc2sc(CNCC(F)(F)F)nc2c1. The fraction of sp³-hybridized carbons (Fsp3) is 0.364. The van der Waals surface area contributed by atoms with Gasteiger partial charge in [0.1, 0.15) is 5.01 Å². The molecule has 92 valence electrons. The second kappa shape index (κ2) is 4.62. The average Bonchev–Trinajstić information content (AvgIpc) is 2.57. The molecule has 17 heavy (non-hydrogen) atoms. The Kier molecular flexibility index (Phi) is 3.35. The van der Waals surface area contributed by atoms with E-state index in [-0.39, 0.29) is 6.54 Å². The molecule has 0 aliphatic rings. The number of nitrogens with one attached hydrogen (secondary N) is 1. The summed E-state index contributed by atoms with van der Waals surface area (Å²) in [6.45, 7) is 1.13. The lowest BCUT2D eigenvalue weighted by Crippen LogP contribution is -2.28. The van der Waals surface area contributed by atoms with Crippen molar-refractivity contribution in [1.29, 1.82) is 0 Å². The van der Waals surface area contributed by atoms with Gasteiger partial charge < -0.3 is 5.32 Å². The van der Waals surface area contributed by atoms with Gasteiger partial charge in [-0.1, -0.05) is 6.07 Å². The van der Waals surface area contributed by atoms with Gasteiger partial charge in [-0.05, 0) is 24.6 Å². The number of alkyl halides is 3. The molecule has 0 saturated carbocycles. The molecule has 0 aliphatic heterocycles.